The summed E-state index contributed by atoms with van der Waals surface area (Å²) < 4.78 is 60.7. The van der Waals surface area contributed by atoms with Gasteiger partial charge in [0.2, 0.25) is 0 Å². The van der Waals surface area contributed by atoms with Crippen LogP contribution in [0.15, 0.2) is 48.5 Å². The quantitative estimate of drug-likeness (QED) is 0.115. The van der Waals surface area contributed by atoms with Crippen LogP contribution < -0.4 is 3.95 Å². The summed E-state index contributed by atoms with van der Waals surface area (Å²) in [5.74, 6) is -9.57. The molecule has 10 heteroatoms. The molecule has 0 spiro atoms. The van der Waals surface area contributed by atoms with Gasteiger partial charge >= 0.3 is 74.8 Å². The predicted octanol–water partition coefficient (Wildman–Crippen LogP) is 6.21. The first-order valence-electron chi connectivity index (χ1n) is 10.4. The molecule has 0 atom stereocenters. The molecule has 0 amide bonds. The van der Waals surface area contributed by atoms with E-state index >= 15 is 0 Å². The predicted molar refractivity (Wildman–Crippen MR) is 125 cm³/mol. The third kappa shape index (κ3) is 4.92. The molecule has 8 bridgehead atoms. The Morgan fingerprint density at radius 3 is 1.06 bits per heavy atom. The molecule has 6 rings (SSSR count). The molecule has 3 aromatic heterocycles. The molecule has 0 aliphatic carbocycles. The summed E-state index contributed by atoms with van der Waals surface area (Å²) in [7, 11) is 0. The Morgan fingerprint density at radius 1 is 0.472 bits per heavy atom. The van der Waals surface area contributed by atoms with Gasteiger partial charge < -0.3 is 9.97 Å². The van der Waals surface area contributed by atoms with Gasteiger partial charge in [-0.3, -0.25) is 0 Å². The Hall–Kier alpha value is -3.84. The van der Waals surface area contributed by atoms with Crippen molar-refractivity contribution in [2.75, 3.05) is 0 Å². The van der Waals surface area contributed by atoms with E-state index in [2.05, 4.69) is 44.2 Å². The van der Waals surface area contributed by atoms with Crippen LogP contribution in [0.3, 0.4) is 0 Å². The second kappa shape index (κ2) is 9.66. The van der Waals surface area contributed by atoms with Crippen LogP contribution in [0.2, 0.25) is 0 Å². The van der Waals surface area contributed by atoms with Crippen LogP contribution in [0.1, 0.15) is 22.8 Å². The zero-order valence-corrected chi connectivity index (χ0v) is 20.3. The van der Waals surface area contributed by atoms with Crippen molar-refractivity contribution >= 4 is 50.3 Å². The van der Waals surface area contributed by atoms with E-state index in [-0.39, 0.29) is 0 Å². The third-order valence-corrected chi connectivity index (χ3v) is 6.17. The van der Waals surface area contributed by atoms with E-state index in [0.29, 0.717) is 0 Å². The molecule has 5 heterocycles. The first-order valence-corrected chi connectivity index (χ1v) is 11.6. The van der Waals surface area contributed by atoms with Gasteiger partial charge in [-0.2, -0.15) is 0 Å². The van der Waals surface area contributed by atoms with Gasteiger partial charge in [-0.1, -0.05) is 0 Å². The molecule has 2 aliphatic rings. The van der Waals surface area contributed by atoms with Gasteiger partial charge in [-0.05, 0) is 72.8 Å². The van der Waals surface area contributed by atoms with Gasteiger partial charge in [-0.15, -0.1) is 0 Å². The van der Waals surface area contributed by atoms with Crippen molar-refractivity contribution < 1.29 is 41.8 Å². The number of halogens is 5. The maximum atomic E-state index is 12.4. The Labute approximate surface area is 212 Å². The maximum absolute atomic E-state index is 12.4. The normalized spacial score (nSPS) is 12.0. The summed E-state index contributed by atoms with van der Waals surface area (Å²) in [6.45, 7) is 0. The summed E-state index contributed by atoms with van der Waals surface area (Å²) in [4.78, 5) is 16.0. The molecule has 36 heavy (non-hydrogen) atoms. The van der Waals surface area contributed by atoms with E-state index in [1.165, 1.54) is 0 Å². The number of aromatic nitrogens is 4. The molecule has 2 aliphatic heterocycles. The molecule has 0 radical (unpaired) electrons. The zero-order valence-electron chi connectivity index (χ0n) is 18.0. The average molecular weight is 672 g/mol. The molecule has 1 aromatic carbocycles. The second-order valence-corrected chi connectivity index (χ2v) is 8.89. The SMILES string of the molecule is C1=Cc2cc3ccc(cc4nc(cc5ccc(cc1n2)[nH]5)C=C4)[nH]3.Fc1c(F)c(F)[c]([Pt])c(F)c1F. The van der Waals surface area contributed by atoms with Crippen LogP contribution in [0.4, 0.5) is 22.0 Å². The van der Waals surface area contributed by atoms with Gasteiger partial charge in [0.25, 0.3) is 0 Å². The number of H-pyrrole nitrogens is 2. The van der Waals surface area contributed by atoms with E-state index in [4.69, 9.17) is 0 Å². The zero-order chi connectivity index (χ0) is 25.4. The monoisotopic (exact) mass is 672 g/mol. The fourth-order valence-corrected chi connectivity index (χ4v) is 4.01. The fraction of sp³-hybridized carbons (Fsp3) is 0. The summed E-state index contributed by atoms with van der Waals surface area (Å²) >= 11 is 1.02. The number of fused-ring (bicyclic) bond motifs is 8. The van der Waals surface area contributed by atoms with Crippen LogP contribution in [-0.4, -0.2) is 19.9 Å². The molecule has 183 valence electrons. The van der Waals surface area contributed by atoms with E-state index < -0.39 is 33.0 Å². The molecule has 0 fully saturated rings. The number of nitrogens with zero attached hydrogens (tertiary/aromatic N) is 2. The molecule has 4 nitrogen and oxygen atoms in total. The standard InChI is InChI=1S/C20H14N4.C6F5.Pt/c1-2-14-10-16-5-6-18(23-16)12-20-8-7-19(24-20)11-17-4-3-15(22-17)9-13(1)21-14;7-2-1-3(8)5(10)6(11)4(2)9;/h1-12,21,24H;;. The Bertz CT molecular complexity index is 1440. The third-order valence-electron chi connectivity index (χ3n) is 5.17. The van der Waals surface area contributed by atoms with Crippen molar-refractivity contribution in [1.82, 2.24) is 19.9 Å². The molecule has 0 saturated carbocycles. The second-order valence-electron chi connectivity index (χ2n) is 7.76. The molecule has 0 saturated heterocycles. The molecule has 4 aromatic rings. The van der Waals surface area contributed by atoms with Crippen molar-refractivity contribution in [1.29, 1.82) is 0 Å². The van der Waals surface area contributed by atoms with Gasteiger partial charge in [-0.25, -0.2) is 9.97 Å². The van der Waals surface area contributed by atoms with Crippen molar-refractivity contribution in [3.8, 4) is 0 Å². The Morgan fingerprint density at radius 2 is 0.750 bits per heavy atom. The van der Waals surface area contributed by atoms with Crippen LogP contribution in [0.5, 0.6) is 0 Å². The van der Waals surface area contributed by atoms with Crippen LogP contribution >= 0.6 is 0 Å². The Balaban J connectivity index is 0.000000189. The number of benzene rings is 1. The first kappa shape index (κ1) is 23.9. The number of aromatic amines is 2. The van der Waals surface area contributed by atoms with Gasteiger partial charge in [0.05, 0.1) is 22.8 Å². The fourth-order valence-electron chi connectivity index (χ4n) is 3.51. The van der Waals surface area contributed by atoms with Gasteiger partial charge in [0.1, 0.15) is 0 Å². The van der Waals surface area contributed by atoms with E-state index in [0.717, 1.165) is 64.7 Å². The van der Waals surface area contributed by atoms with E-state index in [1.807, 2.05) is 48.6 Å². The van der Waals surface area contributed by atoms with Crippen LogP contribution in [0, 0.1) is 29.1 Å². The number of nitrogens with one attached hydrogen (secondary N) is 2. The molecule has 0 unspecified atom stereocenters. The van der Waals surface area contributed by atoms with E-state index in [1.54, 1.807) is 0 Å². The summed E-state index contributed by atoms with van der Waals surface area (Å²) in [6, 6.07) is 16.4. The van der Waals surface area contributed by atoms with Gasteiger partial charge in [0, 0.05) is 22.1 Å². The molecular formula is C26H14F5N4Pt. The van der Waals surface area contributed by atoms with Crippen LogP contribution in [0.25, 0.3) is 46.4 Å². The van der Waals surface area contributed by atoms with E-state index in [9.17, 15) is 22.0 Å². The Kier molecular flexibility index (Phi) is 6.41. The van der Waals surface area contributed by atoms with Crippen molar-refractivity contribution in [2.24, 2.45) is 0 Å². The number of hydrogen-bond donors (Lipinski definition) is 2. The van der Waals surface area contributed by atoms with Crippen molar-refractivity contribution in [3.05, 3.63) is 100 Å². The summed E-state index contributed by atoms with van der Waals surface area (Å²) in [6.07, 6.45) is 8.09. The topological polar surface area (TPSA) is 57.4 Å². The van der Waals surface area contributed by atoms with Crippen LogP contribution in [-0.2, 0) is 19.8 Å². The van der Waals surface area contributed by atoms with Gasteiger partial charge in [0.15, 0.2) is 0 Å². The molecule has 2 N–H and O–H groups in total. The van der Waals surface area contributed by atoms with Crippen molar-refractivity contribution in [2.45, 2.75) is 0 Å². The molecular weight excluding hydrogens is 658 g/mol. The average Bonchev–Trinajstić information content (AvgIpc) is 3.67. The number of rotatable bonds is 0. The summed E-state index contributed by atoms with van der Waals surface area (Å²) in [5.41, 5.74) is 7.86. The first-order chi connectivity index (χ1) is 17.3. The number of hydrogen-bond acceptors (Lipinski definition) is 2. The van der Waals surface area contributed by atoms with Crippen molar-refractivity contribution in [3.63, 3.8) is 0 Å². The minimum absolute atomic E-state index is 0.897. The minimum atomic E-state index is -2.13. The summed E-state index contributed by atoms with van der Waals surface area (Å²) in [5, 5.41) is 0.